The number of hydrogen-bond acceptors (Lipinski definition) is 4. The molecule has 2 aromatic rings. The van der Waals surface area contributed by atoms with Gasteiger partial charge in [0.2, 0.25) is 0 Å². The van der Waals surface area contributed by atoms with Gasteiger partial charge in [0, 0.05) is 11.9 Å². The Labute approximate surface area is 129 Å². The van der Waals surface area contributed by atoms with Crippen LogP contribution in [-0.2, 0) is 0 Å². The van der Waals surface area contributed by atoms with E-state index in [4.69, 9.17) is 10.8 Å². The van der Waals surface area contributed by atoms with E-state index in [1.54, 1.807) is 0 Å². The molecule has 3 N–H and O–H groups in total. The van der Waals surface area contributed by atoms with Gasteiger partial charge in [-0.2, -0.15) is 0 Å². The Morgan fingerprint density at radius 3 is 2.14 bits per heavy atom. The number of rotatable bonds is 4. The Hall–Kier alpha value is -3.01. The van der Waals surface area contributed by atoms with E-state index < -0.39 is 6.17 Å². The summed E-state index contributed by atoms with van der Waals surface area (Å²) >= 11 is 0. The first-order valence-corrected chi connectivity index (χ1v) is 7.04. The quantitative estimate of drug-likeness (QED) is 0.743. The number of nitrogens with one attached hydrogen (secondary N) is 3. The molecule has 1 unspecified atom stereocenters. The Bertz CT molecular complexity index is 745. The molecule has 0 saturated heterocycles. The van der Waals surface area contributed by atoms with Crippen LogP contribution in [0.2, 0.25) is 0 Å². The molecule has 0 spiro atoms. The molecule has 2 aromatic carbocycles. The van der Waals surface area contributed by atoms with E-state index in [0.29, 0.717) is 0 Å². The molecule has 0 saturated carbocycles. The van der Waals surface area contributed by atoms with Crippen LogP contribution in [0, 0.1) is 10.8 Å². The minimum absolute atomic E-state index is 0.134. The maximum absolute atomic E-state index is 7.90. The molecule has 22 heavy (non-hydrogen) atoms. The lowest BCUT2D eigenvalue weighted by Crippen LogP contribution is -2.38. The SMILES string of the molecule is N=CC(=N)C1N=C(c2ccccc2)C=C(c2ccccc2)N1. The fourth-order valence-electron chi connectivity index (χ4n) is 2.31. The van der Waals surface area contributed by atoms with Crippen molar-refractivity contribution in [2.24, 2.45) is 4.99 Å². The van der Waals surface area contributed by atoms with Crippen molar-refractivity contribution in [1.29, 1.82) is 10.8 Å². The summed E-state index contributed by atoms with van der Waals surface area (Å²) in [6, 6.07) is 19.8. The highest BCUT2D eigenvalue weighted by atomic mass is 15.1. The van der Waals surface area contributed by atoms with Gasteiger partial charge >= 0.3 is 0 Å². The Kier molecular flexibility index (Phi) is 3.92. The summed E-state index contributed by atoms with van der Waals surface area (Å²) in [5.74, 6) is 0. The molecule has 4 heteroatoms. The van der Waals surface area contributed by atoms with E-state index >= 15 is 0 Å². The third kappa shape index (κ3) is 2.86. The van der Waals surface area contributed by atoms with Gasteiger partial charge in [0.1, 0.15) is 0 Å². The van der Waals surface area contributed by atoms with E-state index in [9.17, 15) is 0 Å². The second-order valence-corrected chi connectivity index (χ2v) is 4.95. The van der Waals surface area contributed by atoms with Gasteiger partial charge in [-0.25, -0.2) is 0 Å². The molecular formula is C18H16N4. The molecule has 3 rings (SSSR count). The van der Waals surface area contributed by atoms with Gasteiger partial charge in [-0.05, 0) is 17.2 Å². The molecular weight excluding hydrogens is 272 g/mol. The number of allylic oxidation sites excluding steroid dienone is 1. The topological polar surface area (TPSA) is 72.1 Å². The molecule has 0 radical (unpaired) electrons. The summed E-state index contributed by atoms with van der Waals surface area (Å²) in [7, 11) is 0. The molecule has 1 heterocycles. The largest absolute Gasteiger partial charge is 0.358 e. The molecule has 4 nitrogen and oxygen atoms in total. The first-order valence-electron chi connectivity index (χ1n) is 7.04. The first-order chi connectivity index (χ1) is 10.8. The number of aliphatic imine (C=N–C) groups is 1. The van der Waals surface area contributed by atoms with Crippen molar-refractivity contribution >= 4 is 23.3 Å². The van der Waals surface area contributed by atoms with Crippen LogP contribution < -0.4 is 5.32 Å². The monoisotopic (exact) mass is 288 g/mol. The van der Waals surface area contributed by atoms with Crippen LogP contribution >= 0.6 is 0 Å². The van der Waals surface area contributed by atoms with Crippen LogP contribution in [0.5, 0.6) is 0 Å². The van der Waals surface area contributed by atoms with Gasteiger partial charge < -0.3 is 10.7 Å². The van der Waals surface area contributed by atoms with E-state index in [-0.39, 0.29) is 5.71 Å². The van der Waals surface area contributed by atoms with Crippen molar-refractivity contribution in [3.63, 3.8) is 0 Å². The highest BCUT2D eigenvalue weighted by molar-refractivity contribution is 6.31. The van der Waals surface area contributed by atoms with Crippen molar-refractivity contribution in [2.45, 2.75) is 6.17 Å². The normalized spacial score (nSPS) is 17.0. The third-order valence-corrected chi connectivity index (χ3v) is 3.45. The molecule has 0 bridgehead atoms. The molecule has 0 aromatic heterocycles. The van der Waals surface area contributed by atoms with E-state index in [1.165, 1.54) is 0 Å². The zero-order valence-corrected chi connectivity index (χ0v) is 12.0. The third-order valence-electron chi connectivity index (χ3n) is 3.45. The van der Waals surface area contributed by atoms with E-state index in [2.05, 4.69) is 10.3 Å². The van der Waals surface area contributed by atoms with Crippen molar-refractivity contribution < 1.29 is 0 Å². The average Bonchev–Trinajstić information content (AvgIpc) is 2.62. The van der Waals surface area contributed by atoms with Gasteiger partial charge in [-0.3, -0.25) is 10.4 Å². The second-order valence-electron chi connectivity index (χ2n) is 4.95. The zero-order valence-electron chi connectivity index (χ0n) is 12.0. The van der Waals surface area contributed by atoms with Crippen LogP contribution in [-0.4, -0.2) is 23.8 Å². The maximum Gasteiger partial charge on any atom is 0.163 e. The smallest absolute Gasteiger partial charge is 0.163 e. The predicted molar refractivity (Wildman–Crippen MR) is 90.8 cm³/mol. The minimum Gasteiger partial charge on any atom is -0.358 e. The summed E-state index contributed by atoms with van der Waals surface area (Å²) in [5, 5.41) is 18.4. The van der Waals surface area contributed by atoms with Crippen LogP contribution in [0.15, 0.2) is 71.7 Å². The Balaban J connectivity index is 2.04. The maximum atomic E-state index is 7.90. The van der Waals surface area contributed by atoms with Gasteiger partial charge in [-0.15, -0.1) is 0 Å². The molecule has 108 valence electrons. The van der Waals surface area contributed by atoms with Crippen molar-refractivity contribution in [1.82, 2.24) is 5.32 Å². The lowest BCUT2D eigenvalue weighted by atomic mass is 10.0. The van der Waals surface area contributed by atoms with Gasteiger partial charge in [0.15, 0.2) is 6.17 Å². The van der Waals surface area contributed by atoms with Crippen molar-refractivity contribution in [3.8, 4) is 0 Å². The number of benzene rings is 2. The van der Waals surface area contributed by atoms with E-state index in [1.807, 2.05) is 66.7 Å². The molecule has 1 atom stereocenters. The summed E-state index contributed by atoms with van der Waals surface area (Å²) in [5.41, 5.74) is 3.89. The number of nitrogens with zero attached hydrogens (tertiary/aromatic N) is 1. The van der Waals surface area contributed by atoms with Crippen LogP contribution in [0.3, 0.4) is 0 Å². The van der Waals surface area contributed by atoms with Crippen molar-refractivity contribution in [3.05, 3.63) is 77.9 Å². The molecule has 1 aliphatic heterocycles. The average molecular weight is 288 g/mol. The first kappa shape index (κ1) is 13.9. The fourth-order valence-corrected chi connectivity index (χ4v) is 2.31. The van der Waals surface area contributed by atoms with Gasteiger partial charge in [-0.1, -0.05) is 60.7 Å². The molecule has 1 aliphatic rings. The Morgan fingerprint density at radius 1 is 0.955 bits per heavy atom. The molecule has 0 fully saturated rings. The second kappa shape index (κ2) is 6.18. The number of hydrogen-bond donors (Lipinski definition) is 3. The standard InChI is InChI=1S/C18H16N4/c19-12-15(20)18-21-16(13-7-3-1-4-8-13)11-17(22-18)14-9-5-2-6-10-14/h1-12,18-21H. The summed E-state index contributed by atoms with van der Waals surface area (Å²) in [6.45, 7) is 0. The summed E-state index contributed by atoms with van der Waals surface area (Å²) in [6.07, 6.45) is 2.48. The summed E-state index contributed by atoms with van der Waals surface area (Å²) < 4.78 is 0. The van der Waals surface area contributed by atoms with Crippen molar-refractivity contribution in [2.75, 3.05) is 0 Å². The van der Waals surface area contributed by atoms with E-state index in [0.717, 1.165) is 28.8 Å². The summed E-state index contributed by atoms with van der Waals surface area (Å²) in [4.78, 5) is 4.55. The van der Waals surface area contributed by atoms with Crippen LogP contribution in [0.4, 0.5) is 0 Å². The molecule has 0 aliphatic carbocycles. The molecule has 0 amide bonds. The highest BCUT2D eigenvalue weighted by Crippen LogP contribution is 2.18. The lowest BCUT2D eigenvalue weighted by Gasteiger charge is -2.23. The van der Waals surface area contributed by atoms with Gasteiger partial charge in [0.05, 0.1) is 11.4 Å². The highest BCUT2D eigenvalue weighted by Gasteiger charge is 2.20. The predicted octanol–water partition coefficient (Wildman–Crippen LogP) is 3.12. The van der Waals surface area contributed by atoms with Gasteiger partial charge in [0.25, 0.3) is 0 Å². The zero-order chi connectivity index (χ0) is 15.4. The fraction of sp³-hybridized carbons (Fsp3) is 0.0556. The lowest BCUT2D eigenvalue weighted by molar-refractivity contribution is 0.785. The Morgan fingerprint density at radius 2 is 1.55 bits per heavy atom. The van der Waals surface area contributed by atoms with Crippen LogP contribution in [0.25, 0.3) is 5.70 Å². The minimum atomic E-state index is -0.534. The van der Waals surface area contributed by atoms with Crippen LogP contribution in [0.1, 0.15) is 11.1 Å².